The summed E-state index contributed by atoms with van der Waals surface area (Å²) < 4.78 is 20.5. The Morgan fingerprint density at radius 3 is 2.37 bits per heavy atom. The molecule has 0 N–H and O–H groups in total. The van der Waals surface area contributed by atoms with Gasteiger partial charge in [0.2, 0.25) is 0 Å². The van der Waals surface area contributed by atoms with Gasteiger partial charge in [-0.15, -0.1) is 0 Å². The van der Waals surface area contributed by atoms with Gasteiger partial charge in [0.15, 0.2) is 11.3 Å². The fourth-order valence-electron chi connectivity index (χ4n) is 6.33. The number of nitrogens with zero attached hydrogens (tertiary/aromatic N) is 4. The van der Waals surface area contributed by atoms with Gasteiger partial charge in [0.25, 0.3) is 0 Å². The number of hydrogen-bond donors (Lipinski definition) is 0. The first-order valence-electron chi connectivity index (χ1n) is 13.1. The first-order valence-corrected chi connectivity index (χ1v) is 13.1. The first-order chi connectivity index (χ1) is 17.1. The summed E-state index contributed by atoms with van der Waals surface area (Å²) in [6, 6.07) is 8.21. The van der Waals surface area contributed by atoms with Crippen LogP contribution in [0.15, 0.2) is 30.3 Å². The Hall–Kier alpha value is -2.96. The summed E-state index contributed by atoms with van der Waals surface area (Å²) >= 11 is 0. The number of rotatable bonds is 4. The van der Waals surface area contributed by atoms with Crippen LogP contribution < -0.4 is 4.90 Å². The van der Waals surface area contributed by atoms with E-state index in [9.17, 15) is 9.18 Å². The molecule has 1 saturated heterocycles. The van der Waals surface area contributed by atoms with E-state index in [1.54, 1.807) is 16.8 Å². The molecule has 3 aliphatic rings. The van der Waals surface area contributed by atoms with Crippen molar-refractivity contribution in [1.29, 1.82) is 0 Å². The minimum Gasteiger partial charge on any atom is -0.464 e. The Balaban J connectivity index is 1.48. The molecule has 6 rings (SSSR count). The molecule has 0 amide bonds. The number of ether oxygens (including phenoxy) is 1. The standard InChI is InChI=1S/C28H33FN4O2/c1-35-27(34)22-18-23(32-16-14-28(15-17-32)12-3-2-4-13-28)24-25(19-6-5-7-19)31-33(26(24)30-22)21-10-8-20(29)9-11-21/h8-11,18-19H,2-7,12-17H2,1H3. The number of methoxy groups -OCH3 is 1. The average Bonchev–Trinajstić information content (AvgIpc) is 3.22. The normalized spacial score (nSPS) is 20.2. The zero-order valence-electron chi connectivity index (χ0n) is 20.4. The largest absolute Gasteiger partial charge is 0.464 e. The number of piperidine rings is 1. The second-order valence-corrected chi connectivity index (χ2v) is 10.7. The van der Waals surface area contributed by atoms with E-state index < -0.39 is 5.97 Å². The van der Waals surface area contributed by atoms with Gasteiger partial charge in [0, 0.05) is 19.0 Å². The number of halogens is 1. The maximum Gasteiger partial charge on any atom is 0.356 e. The molecule has 2 aliphatic carbocycles. The number of pyridine rings is 1. The molecule has 0 radical (unpaired) electrons. The van der Waals surface area contributed by atoms with E-state index in [2.05, 4.69) is 4.90 Å². The van der Waals surface area contributed by atoms with E-state index in [1.165, 1.54) is 70.6 Å². The van der Waals surface area contributed by atoms with Gasteiger partial charge in [-0.05, 0) is 74.3 Å². The van der Waals surface area contributed by atoms with E-state index in [4.69, 9.17) is 14.8 Å². The van der Waals surface area contributed by atoms with Crippen LogP contribution >= 0.6 is 0 Å². The van der Waals surface area contributed by atoms with Crippen LogP contribution in [0.4, 0.5) is 10.1 Å². The van der Waals surface area contributed by atoms with Gasteiger partial charge in [-0.1, -0.05) is 25.7 Å². The van der Waals surface area contributed by atoms with Gasteiger partial charge >= 0.3 is 5.97 Å². The molecular formula is C28H33FN4O2. The van der Waals surface area contributed by atoms with Crippen molar-refractivity contribution >= 4 is 22.7 Å². The fourth-order valence-corrected chi connectivity index (χ4v) is 6.33. The van der Waals surface area contributed by atoms with Gasteiger partial charge in [-0.3, -0.25) is 0 Å². The smallest absolute Gasteiger partial charge is 0.356 e. The third kappa shape index (κ3) is 3.99. The lowest BCUT2D eigenvalue weighted by Crippen LogP contribution is -2.41. The third-order valence-electron chi connectivity index (χ3n) is 8.68. The number of esters is 1. The van der Waals surface area contributed by atoms with Crippen LogP contribution in [-0.2, 0) is 4.74 Å². The lowest BCUT2D eigenvalue weighted by molar-refractivity contribution is 0.0594. The Labute approximate surface area is 205 Å². The fraction of sp³-hybridized carbons (Fsp3) is 0.536. The number of carbonyl (C=O) groups excluding carboxylic acids is 1. The predicted octanol–water partition coefficient (Wildman–Crippen LogP) is 6.16. The van der Waals surface area contributed by atoms with Crippen molar-refractivity contribution in [2.75, 3.05) is 25.1 Å². The number of anilines is 1. The number of fused-ring (bicyclic) bond motifs is 1. The zero-order valence-corrected chi connectivity index (χ0v) is 20.4. The molecule has 2 saturated carbocycles. The van der Waals surface area contributed by atoms with Crippen LogP contribution in [0.5, 0.6) is 0 Å². The average molecular weight is 477 g/mol. The molecule has 2 aromatic heterocycles. The van der Waals surface area contributed by atoms with E-state index in [-0.39, 0.29) is 11.5 Å². The van der Waals surface area contributed by atoms with E-state index in [0.717, 1.165) is 48.4 Å². The molecule has 1 spiro atoms. The van der Waals surface area contributed by atoms with Crippen molar-refractivity contribution in [3.63, 3.8) is 0 Å². The molecule has 7 heteroatoms. The molecule has 3 fully saturated rings. The van der Waals surface area contributed by atoms with E-state index in [1.807, 2.05) is 6.07 Å². The minimum absolute atomic E-state index is 0.288. The number of benzene rings is 1. The van der Waals surface area contributed by atoms with Crippen LogP contribution in [0.25, 0.3) is 16.7 Å². The molecule has 35 heavy (non-hydrogen) atoms. The summed E-state index contributed by atoms with van der Waals surface area (Å²) in [4.78, 5) is 19.8. The maximum absolute atomic E-state index is 13.7. The molecular weight excluding hydrogens is 443 g/mol. The summed E-state index contributed by atoms with van der Waals surface area (Å²) in [5, 5.41) is 6.06. The predicted molar refractivity (Wildman–Crippen MR) is 134 cm³/mol. The van der Waals surface area contributed by atoms with Crippen LogP contribution in [0.2, 0.25) is 0 Å². The monoisotopic (exact) mass is 476 g/mol. The second kappa shape index (κ2) is 8.92. The van der Waals surface area contributed by atoms with Gasteiger partial charge in [0.05, 0.1) is 29.6 Å². The third-order valence-corrected chi connectivity index (χ3v) is 8.68. The molecule has 3 aromatic rings. The van der Waals surface area contributed by atoms with E-state index >= 15 is 0 Å². The van der Waals surface area contributed by atoms with Gasteiger partial charge in [-0.2, -0.15) is 5.10 Å². The summed E-state index contributed by atoms with van der Waals surface area (Å²) in [5.41, 5.74) is 4.25. The topological polar surface area (TPSA) is 60.2 Å². The van der Waals surface area contributed by atoms with Gasteiger partial charge in [-0.25, -0.2) is 18.9 Å². The van der Waals surface area contributed by atoms with Crippen molar-refractivity contribution in [1.82, 2.24) is 14.8 Å². The van der Waals surface area contributed by atoms with Gasteiger partial charge in [0.1, 0.15) is 5.82 Å². The Bertz CT molecular complexity index is 1230. The molecule has 0 atom stereocenters. The summed E-state index contributed by atoms with van der Waals surface area (Å²) in [7, 11) is 1.39. The van der Waals surface area contributed by atoms with Crippen molar-refractivity contribution < 1.29 is 13.9 Å². The Morgan fingerprint density at radius 1 is 1.03 bits per heavy atom. The molecule has 3 heterocycles. The minimum atomic E-state index is -0.453. The maximum atomic E-state index is 13.7. The van der Waals surface area contributed by atoms with Crippen molar-refractivity contribution in [3.05, 3.63) is 47.5 Å². The number of carbonyl (C=O) groups is 1. The van der Waals surface area contributed by atoms with Crippen LogP contribution in [0.1, 0.15) is 86.3 Å². The lowest BCUT2D eigenvalue weighted by atomic mass is 9.68. The first kappa shape index (κ1) is 22.5. The molecule has 0 unspecified atom stereocenters. The number of aromatic nitrogens is 3. The van der Waals surface area contributed by atoms with Crippen LogP contribution in [0.3, 0.4) is 0 Å². The van der Waals surface area contributed by atoms with Crippen LogP contribution in [0, 0.1) is 11.2 Å². The molecule has 184 valence electrons. The quantitative estimate of drug-likeness (QED) is 0.422. The SMILES string of the molecule is COC(=O)c1cc(N2CCC3(CCCCC3)CC2)c2c(C3CCC3)nn(-c3ccc(F)cc3)c2n1. The Morgan fingerprint density at radius 2 is 1.74 bits per heavy atom. The van der Waals surface area contributed by atoms with Crippen molar-refractivity contribution in [3.8, 4) is 5.69 Å². The highest BCUT2D eigenvalue weighted by molar-refractivity contribution is 5.99. The zero-order chi connectivity index (χ0) is 24.0. The number of hydrogen-bond acceptors (Lipinski definition) is 5. The lowest BCUT2D eigenvalue weighted by Gasteiger charge is -2.45. The highest BCUT2D eigenvalue weighted by atomic mass is 19.1. The summed E-state index contributed by atoms with van der Waals surface area (Å²) in [6.07, 6.45) is 12.5. The second-order valence-electron chi connectivity index (χ2n) is 10.7. The molecule has 1 aromatic carbocycles. The highest BCUT2D eigenvalue weighted by Gasteiger charge is 2.37. The van der Waals surface area contributed by atoms with Crippen molar-refractivity contribution in [2.45, 2.75) is 70.1 Å². The molecule has 6 nitrogen and oxygen atoms in total. The molecule has 0 bridgehead atoms. The van der Waals surface area contributed by atoms with E-state index in [0.29, 0.717) is 17.0 Å². The highest BCUT2D eigenvalue weighted by Crippen LogP contribution is 2.47. The van der Waals surface area contributed by atoms with Gasteiger partial charge < -0.3 is 9.64 Å². The Kier molecular flexibility index (Phi) is 5.73. The summed E-state index contributed by atoms with van der Waals surface area (Å²) in [5.74, 6) is -0.359. The van der Waals surface area contributed by atoms with Crippen LogP contribution in [-0.4, -0.2) is 40.9 Å². The molecule has 1 aliphatic heterocycles. The summed E-state index contributed by atoms with van der Waals surface area (Å²) in [6.45, 7) is 1.96. The van der Waals surface area contributed by atoms with Crippen molar-refractivity contribution in [2.24, 2.45) is 5.41 Å².